The monoisotopic (exact) mass is 295 g/mol. The van der Waals surface area contributed by atoms with E-state index >= 15 is 0 Å². The zero-order chi connectivity index (χ0) is 15.4. The van der Waals surface area contributed by atoms with Crippen molar-refractivity contribution >= 4 is 17.8 Å². The fourth-order valence-electron chi connectivity index (χ4n) is 2.31. The quantitative estimate of drug-likeness (QED) is 0.838. The molecule has 2 amide bonds. The average Bonchev–Trinajstić information content (AvgIpc) is 2.80. The second kappa shape index (κ2) is 6.47. The normalized spacial score (nSPS) is 15.8. The smallest absolute Gasteiger partial charge is 0.409 e. The van der Waals surface area contributed by atoms with Gasteiger partial charge in [0.2, 0.25) is 0 Å². The summed E-state index contributed by atoms with van der Waals surface area (Å²) < 4.78 is 6.41. The number of aromatic nitrogens is 2. The van der Waals surface area contributed by atoms with Gasteiger partial charge in [-0.1, -0.05) is 0 Å². The molecular formula is C13H21N5O3. The fourth-order valence-corrected chi connectivity index (χ4v) is 2.31. The first-order valence-corrected chi connectivity index (χ1v) is 7.03. The number of nitrogen functional groups attached to an aromatic ring is 1. The van der Waals surface area contributed by atoms with E-state index in [-0.39, 0.29) is 18.0 Å². The summed E-state index contributed by atoms with van der Waals surface area (Å²) in [6, 6.07) is 0.0304. The van der Waals surface area contributed by atoms with Crippen molar-refractivity contribution in [2.45, 2.75) is 25.8 Å². The molecule has 2 heterocycles. The van der Waals surface area contributed by atoms with Crippen LogP contribution in [0.15, 0.2) is 6.20 Å². The van der Waals surface area contributed by atoms with Crippen LogP contribution in [0.3, 0.4) is 0 Å². The van der Waals surface area contributed by atoms with E-state index in [1.54, 1.807) is 18.9 Å². The zero-order valence-electron chi connectivity index (χ0n) is 12.3. The Morgan fingerprint density at radius 1 is 1.48 bits per heavy atom. The van der Waals surface area contributed by atoms with Crippen LogP contribution in [0.2, 0.25) is 0 Å². The topological polar surface area (TPSA) is 102 Å². The van der Waals surface area contributed by atoms with E-state index in [1.165, 1.54) is 10.9 Å². The minimum Gasteiger partial charge on any atom is -0.450 e. The van der Waals surface area contributed by atoms with Crippen molar-refractivity contribution in [2.75, 3.05) is 25.4 Å². The van der Waals surface area contributed by atoms with Gasteiger partial charge >= 0.3 is 6.09 Å². The van der Waals surface area contributed by atoms with Gasteiger partial charge in [-0.15, -0.1) is 0 Å². The lowest BCUT2D eigenvalue weighted by molar-refractivity contribution is 0.0860. The number of nitrogens with two attached hydrogens (primary N) is 1. The molecule has 116 valence electrons. The Morgan fingerprint density at radius 2 is 2.14 bits per heavy atom. The Balaban J connectivity index is 1.85. The number of anilines is 1. The Morgan fingerprint density at radius 3 is 2.67 bits per heavy atom. The molecule has 0 radical (unpaired) electrons. The van der Waals surface area contributed by atoms with Gasteiger partial charge in [0, 0.05) is 26.2 Å². The van der Waals surface area contributed by atoms with Gasteiger partial charge in [0.15, 0.2) is 0 Å². The lowest BCUT2D eigenvalue weighted by Gasteiger charge is -2.31. The van der Waals surface area contributed by atoms with Gasteiger partial charge in [-0.3, -0.25) is 9.48 Å². The number of likely N-dealkylation sites (tertiary alicyclic amines) is 1. The highest BCUT2D eigenvalue weighted by Gasteiger charge is 2.25. The van der Waals surface area contributed by atoms with Crippen molar-refractivity contribution in [3.63, 3.8) is 0 Å². The van der Waals surface area contributed by atoms with Crippen molar-refractivity contribution in [3.8, 4) is 0 Å². The van der Waals surface area contributed by atoms with E-state index in [0.717, 1.165) is 0 Å². The highest BCUT2D eigenvalue weighted by molar-refractivity contribution is 5.98. The van der Waals surface area contributed by atoms with E-state index < -0.39 is 0 Å². The minimum absolute atomic E-state index is 0.0304. The highest BCUT2D eigenvalue weighted by atomic mass is 16.6. The van der Waals surface area contributed by atoms with Crippen molar-refractivity contribution in [2.24, 2.45) is 7.05 Å². The third-order valence-electron chi connectivity index (χ3n) is 3.59. The van der Waals surface area contributed by atoms with Gasteiger partial charge in [0.1, 0.15) is 11.4 Å². The lowest BCUT2D eigenvalue weighted by Crippen LogP contribution is -2.46. The van der Waals surface area contributed by atoms with Crippen LogP contribution < -0.4 is 11.1 Å². The average molecular weight is 295 g/mol. The number of hydrogen-bond acceptors (Lipinski definition) is 5. The summed E-state index contributed by atoms with van der Waals surface area (Å²) in [6.45, 7) is 3.30. The lowest BCUT2D eigenvalue weighted by atomic mass is 10.1. The van der Waals surface area contributed by atoms with Crippen molar-refractivity contribution < 1.29 is 14.3 Å². The molecule has 1 aromatic heterocycles. The number of carbonyl (C=O) groups is 2. The molecule has 0 bridgehead atoms. The summed E-state index contributed by atoms with van der Waals surface area (Å²) in [7, 11) is 1.68. The van der Waals surface area contributed by atoms with E-state index in [9.17, 15) is 9.59 Å². The maximum absolute atomic E-state index is 12.1. The van der Waals surface area contributed by atoms with E-state index in [0.29, 0.717) is 43.9 Å². The molecule has 1 fully saturated rings. The molecule has 0 spiro atoms. The van der Waals surface area contributed by atoms with Crippen molar-refractivity contribution in [1.29, 1.82) is 0 Å². The Labute approximate surface area is 123 Å². The molecule has 0 aromatic carbocycles. The molecule has 0 saturated carbocycles. The third-order valence-corrected chi connectivity index (χ3v) is 3.59. The van der Waals surface area contributed by atoms with Crippen LogP contribution in [-0.2, 0) is 11.8 Å². The molecule has 8 heteroatoms. The minimum atomic E-state index is -0.293. The molecule has 1 aromatic rings. The summed E-state index contributed by atoms with van der Waals surface area (Å²) in [5.41, 5.74) is 6.15. The van der Waals surface area contributed by atoms with Crippen molar-refractivity contribution in [3.05, 3.63) is 11.8 Å². The summed E-state index contributed by atoms with van der Waals surface area (Å²) in [4.78, 5) is 25.4. The van der Waals surface area contributed by atoms with Crippen LogP contribution in [0.25, 0.3) is 0 Å². The molecular weight excluding hydrogens is 274 g/mol. The predicted molar refractivity (Wildman–Crippen MR) is 76.7 cm³/mol. The second-order valence-corrected chi connectivity index (χ2v) is 5.00. The number of ether oxygens (including phenoxy) is 1. The van der Waals surface area contributed by atoms with Gasteiger partial charge in [-0.25, -0.2) is 4.79 Å². The molecule has 3 N–H and O–H groups in total. The van der Waals surface area contributed by atoms with E-state index in [1.807, 2.05) is 0 Å². The summed E-state index contributed by atoms with van der Waals surface area (Å²) in [6.07, 6.45) is 2.56. The van der Waals surface area contributed by atoms with Crippen LogP contribution >= 0.6 is 0 Å². The summed E-state index contributed by atoms with van der Waals surface area (Å²) in [5, 5.41) is 6.88. The van der Waals surface area contributed by atoms with Gasteiger partial charge in [0.25, 0.3) is 5.91 Å². The number of hydrogen-bond donors (Lipinski definition) is 2. The largest absolute Gasteiger partial charge is 0.450 e. The van der Waals surface area contributed by atoms with Crippen molar-refractivity contribution in [1.82, 2.24) is 20.0 Å². The number of piperidine rings is 1. The first-order chi connectivity index (χ1) is 10.0. The zero-order valence-corrected chi connectivity index (χ0v) is 12.3. The van der Waals surface area contributed by atoms with Gasteiger partial charge in [-0.05, 0) is 19.8 Å². The third kappa shape index (κ3) is 3.45. The van der Waals surface area contributed by atoms with Crippen LogP contribution in [0.1, 0.15) is 30.1 Å². The highest BCUT2D eigenvalue weighted by Crippen LogP contribution is 2.14. The number of rotatable bonds is 3. The van der Waals surface area contributed by atoms with Gasteiger partial charge in [-0.2, -0.15) is 5.10 Å². The molecule has 8 nitrogen and oxygen atoms in total. The first-order valence-electron chi connectivity index (χ1n) is 7.03. The molecule has 0 atom stereocenters. The SMILES string of the molecule is CCOC(=O)N1CCC(NC(=O)c2cnn(C)c2N)CC1. The Bertz CT molecular complexity index is 520. The molecule has 1 aliphatic rings. The maximum atomic E-state index is 12.1. The summed E-state index contributed by atoms with van der Waals surface area (Å²) in [5.74, 6) is 0.117. The van der Waals surface area contributed by atoms with Crippen LogP contribution in [0.5, 0.6) is 0 Å². The molecule has 1 saturated heterocycles. The first kappa shape index (κ1) is 15.1. The molecule has 0 unspecified atom stereocenters. The number of nitrogens with zero attached hydrogens (tertiary/aromatic N) is 3. The number of amides is 2. The van der Waals surface area contributed by atoms with Crippen LogP contribution in [0.4, 0.5) is 10.6 Å². The molecule has 1 aliphatic heterocycles. The predicted octanol–water partition coefficient (Wildman–Crippen LogP) is 0.353. The standard InChI is InChI=1S/C13H21N5O3/c1-3-21-13(20)18-6-4-9(5-7-18)16-12(19)10-8-15-17(2)11(10)14/h8-9H,3-7,14H2,1-2H3,(H,16,19). The van der Waals surface area contributed by atoms with Gasteiger partial charge in [0.05, 0.1) is 12.8 Å². The fraction of sp³-hybridized carbons (Fsp3) is 0.615. The Kier molecular flexibility index (Phi) is 4.66. The number of carbonyl (C=O) groups excluding carboxylic acids is 2. The number of nitrogens with one attached hydrogen (secondary N) is 1. The van der Waals surface area contributed by atoms with E-state index in [4.69, 9.17) is 10.5 Å². The molecule has 2 rings (SSSR count). The second-order valence-electron chi connectivity index (χ2n) is 5.00. The number of aryl methyl sites for hydroxylation is 1. The van der Waals surface area contributed by atoms with Gasteiger partial charge < -0.3 is 20.7 Å². The molecule has 0 aliphatic carbocycles. The molecule has 21 heavy (non-hydrogen) atoms. The maximum Gasteiger partial charge on any atom is 0.409 e. The van der Waals surface area contributed by atoms with E-state index in [2.05, 4.69) is 10.4 Å². The Hall–Kier alpha value is -2.25. The van der Waals surface area contributed by atoms with Crippen LogP contribution in [-0.4, -0.2) is 52.4 Å². The summed E-state index contributed by atoms with van der Waals surface area (Å²) >= 11 is 0. The van der Waals surface area contributed by atoms with Crippen LogP contribution in [0, 0.1) is 0 Å².